The number of carboxylic acids is 1. The van der Waals surface area contributed by atoms with Crippen LogP contribution in [0.15, 0.2) is 18.2 Å². The van der Waals surface area contributed by atoms with Crippen molar-refractivity contribution in [2.24, 2.45) is 0 Å². The van der Waals surface area contributed by atoms with Crippen molar-refractivity contribution >= 4 is 17.6 Å². The van der Waals surface area contributed by atoms with Crippen LogP contribution in [0.25, 0.3) is 0 Å². The summed E-state index contributed by atoms with van der Waals surface area (Å²) in [6, 6.07) is 5.74. The summed E-state index contributed by atoms with van der Waals surface area (Å²) in [5.74, 6) is -1.34. The van der Waals surface area contributed by atoms with Gasteiger partial charge in [0.2, 0.25) is 0 Å². The Bertz CT molecular complexity index is 373. The number of carbonyl (C=O) groups is 1. The van der Waals surface area contributed by atoms with Crippen LogP contribution < -0.4 is 56.5 Å². The average molecular weight is 220 g/mol. The second-order valence-corrected chi connectivity index (χ2v) is 2.50. The van der Waals surface area contributed by atoms with Gasteiger partial charge in [0.25, 0.3) is 0 Å². The fourth-order valence-corrected chi connectivity index (χ4v) is 1.01. The van der Waals surface area contributed by atoms with E-state index in [0.717, 1.165) is 0 Å². The van der Waals surface area contributed by atoms with Gasteiger partial charge in [0.15, 0.2) is 0 Å². The minimum atomic E-state index is -1.34. The van der Waals surface area contributed by atoms with Gasteiger partial charge in [0, 0.05) is 5.56 Å². The number of nitriles is 1. The van der Waals surface area contributed by atoms with E-state index in [-0.39, 0.29) is 62.0 Å². The molecule has 0 N–H and O–H groups in total. The standard InChI is InChI=1S/C8H4ClNO2.K/c9-7-3-5(4-10)1-2-6(7)8(11)12;/h1-3H,(H,11,12);/q;+1/p-1. The van der Waals surface area contributed by atoms with Crippen molar-refractivity contribution < 1.29 is 61.3 Å². The SMILES string of the molecule is N#Cc1ccc(C(=O)[O-])c(Cl)c1.[K+]. The van der Waals surface area contributed by atoms with Gasteiger partial charge in [0.05, 0.1) is 22.6 Å². The number of halogens is 1. The molecule has 1 aromatic carbocycles. The van der Waals surface area contributed by atoms with E-state index in [1.165, 1.54) is 18.2 Å². The van der Waals surface area contributed by atoms with Crippen molar-refractivity contribution in [3.63, 3.8) is 0 Å². The molecule has 0 amide bonds. The molecule has 0 aliphatic heterocycles. The zero-order valence-corrected chi connectivity index (χ0v) is 10.8. The molecular weight excluding hydrogens is 217 g/mol. The summed E-state index contributed by atoms with van der Waals surface area (Å²) in [7, 11) is 0. The molecule has 13 heavy (non-hydrogen) atoms. The molecule has 60 valence electrons. The third-order valence-corrected chi connectivity index (χ3v) is 1.63. The van der Waals surface area contributed by atoms with Crippen molar-refractivity contribution in [2.45, 2.75) is 0 Å². The number of rotatable bonds is 1. The van der Waals surface area contributed by atoms with Crippen LogP contribution in [-0.4, -0.2) is 5.97 Å². The second kappa shape index (κ2) is 5.76. The molecule has 1 rings (SSSR count). The Morgan fingerprint density at radius 2 is 2.15 bits per heavy atom. The molecule has 0 unspecified atom stereocenters. The number of nitrogens with zero attached hydrogens (tertiary/aromatic N) is 1. The fourth-order valence-electron chi connectivity index (χ4n) is 0.750. The van der Waals surface area contributed by atoms with E-state index in [1.54, 1.807) is 0 Å². The van der Waals surface area contributed by atoms with E-state index in [1.807, 2.05) is 6.07 Å². The van der Waals surface area contributed by atoms with E-state index in [4.69, 9.17) is 16.9 Å². The Hall–Kier alpha value is 0.106. The molecule has 0 saturated carbocycles. The molecule has 0 aromatic heterocycles. The van der Waals surface area contributed by atoms with Crippen molar-refractivity contribution in [3.8, 4) is 6.07 Å². The summed E-state index contributed by atoms with van der Waals surface area (Å²) in [5.41, 5.74) is 0.223. The predicted molar refractivity (Wildman–Crippen MR) is 40.5 cm³/mol. The molecule has 3 nitrogen and oxygen atoms in total. The van der Waals surface area contributed by atoms with Gasteiger partial charge in [0.1, 0.15) is 0 Å². The summed E-state index contributed by atoms with van der Waals surface area (Å²) in [6.45, 7) is 0. The van der Waals surface area contributed by atoms with E-state index >= 15 is 0 Å². The van der Waals surface area contributed by atoms with Crippen LogP contribution in [0.4, 0.5) is 0 Å². The van der Waals surface area contributed by atoms with Gasteiger partial charge in [-0.05, 0) is 12.1 Å². The first kappa shape index (κ1) is 13.1. The van der Waals surface area contributed by atoms with Crippen LogP contribution in [0.5, 0.6) is 0 Å². The first-order chi connectivity index (χ1) is 5.65. The van der Waals surface area contributed by atoms with E-state index < -0.39 is 5.97 Å². The molecule has 0 bridgehead atoms. The third-order valence-electron chi connectivity index (χ3n) is 1.32. The van der Waals surface area contributed by atoms with E-state index in [2.05, 4.69) is 0 Å². The molecule has 0 atom stereocenters. The number of hydrogen-bond acceptors (Lipinski definition) is 3. The first-order valence-electron chi connectivity index (χ1n) is 3.06. The summed E-state index contributed by atoms with van der Waals surface area (Å²) < 4.78 is 0. The van der Waals surface area contributed by atoms with Crippen molar-refractivity contribution in [1.82, 2.24) is 0 Å². The van der Waals surface area contributed by atoms with E-state index in [0.29, 0.717) is 5.56 Å². The Labute approximate surface area is 123 Å². The maximum absolute atomic E-state index is 10.3. The monoisotopic (exact) mass is 219 g/mol. The molecule has 0 heterocycles. The van der Waals surface area contributed by atoms with Gasteiger partial charge in [-0.3, -0.25) is 0 Å². The third kappa shape index (κ3) is 3.39. The van der Waals surface area contributed by atoms with Crippen LogP contribution in [0, 0.1) is 11.3 Å². The number of hydrogen-bond donors (Lipinski definition) is 0. The number of carboxylic acid groups (broad SMARTS) is 1. The molecule has 5 heteroatoms. The Kier molecular flexibility index (Phi) is 5.80. The average Bonchev–Trinajstić information content (AvgIpc) is 2.03. The van der Waals surface area contributed by atoms with Gasteiger partial charge < -0.3 is 9.90 Å². The quantitative estimate of drug-likeness (QED) is 0.494. The first-order valence-corrected chi connectivity index (χ1v) is 3.44. The number of carbonyl (C=O) groups excluding carboxylic acids is 1. The zero-order valence-electron chi connectivity index (χ0n) is 6.87. The number of benzene rings is 1. The predicted octanol–water partition coefficient (Wildman–Crippen LogP) is -2.42. The van der Waals surface area contributed by atoms with Gasteiger partial charge in [-0.15, -0.1) is 0 Å². The smallest absolute Gasteiger partial charge is 0.545 e. The Balaban J connectivity index is 0.00000144. The Morgan fingerprint density at radius 3 is 2.54 bits per heavy atom. The van der Waals surface area contributed by atoms with Crippen molar-refractivity contribution in [2.75, 3.05) is 0 Å². The Morgan fingerprint density at radius 1 is 1.54 bits per heavy atom. The fraction of sp³-hybridized carbons (Fsp3) is 0. The van der Waals surface area contributed by atoms with Gasteiger partial charge >= 0.3 is 51.4 Å². The molecule has 1 aromatic rings. The molecule has 0 radical (unpaired) electrons. The van der Waals surface area contributed by atoms with Crippen LogP contribution in [-0.2, 0) is 0 Å². The van der Waals surface area contributed by atoms with Crippen LogP contribution in [0.1, 0.15) is 15.9 Å². The molecule has 0 aliphatic rings. The molecule has 0 fully saturated rings. The van der Waals surface area contributed by atoms with Crippen LogP contribution in [0.2, 0.25) is 5.02 Å². The minimum Gasteiger partial charge on any atom is -0.545 e. The number of aromatic carboxylic acids is 1. The van der Waals surface area contributed by atoms with Gasteiger partial charge in [-0.2, -0.15) is 5.26 Å². The molecule has 0 spiro atoms. The molecule has 0 aliphatic carbocycles. The summed E-state index contributed by atoms with van der Waals surface area (Å²) >= 11 is 5.53. The molecular formula is C8H3ClKNO2. The summed E-state index contributed by atoms with van der Waals surface area (Å²) in [5, 5.41) is 18.8. The minimum absolute atomic E-state index is 0. The van der Waals surface area contributed by atoms with Crippen LogP contribution in [0.3, 0.4) is 0 Å². The topological polar surface area (TPSA) is 63.9 Å². The maximum atomic E-state index is 10.3. The molecule has 0 saturated heterocycles. The zero-order chi connectivity index (χ0) is 9.14. The van der Waals surface area contributed by atoms with Crippen molar-refractivity contribution in [3.05, 3.63) is 34.3 Å². The largest absolute Gasteiger partial charge is 1.00 e. The summed E-state index contributed by atoms with van der Waals surface area (Å²) in [4.78, 5) is 10.3. The normalized spacial score (nSPS) is 8.31. The second-order valence-electron chi connectivity index (χ2n) is 2.09. The van der Waals surface area contributed by atoms with Crippen molar-refractivity contribution in [1.29, 1.82) is 5.26 Å². The van der Waals surface area contributed by atoms with E-state index in [9.17, 15) is 9.90 Å². The van der Waals surface area contributed by atoms with Gasteiger partial charge in [-0.25, -0.2) is 0 Å². The van der Waals surface area contributed by atoms with Gasteiger partial charge in [-0.1, -0.05) is 17.7 Å². The summed E-state index contributed by atoms with van der Waals surface area (Å²) in [6.07, 6.45) is 0. The van der Waals surface area contributed by atoms with Crippen LogP contribution >= 0.6 is 11.6 Å². The maximum Gasteiger partial charge on any atom is 1.00 e.